The average molecular weight is 1150 g/mol. The summed E-state index contributed by atoms with van der Waals surface area (Å²) in [6, 6.07) is 14.0. The number of allylic oxidation sites excluding steroid dienone is 1. The van der Waals surface area contributed by atoms with E-state index in [4.69, 9.17) is 18.9 Å². The number of hydrogen-bond donors (Lipinski definition) is 4. The van der Waals surface area contributed by atoms with Crippen LogP contribution in [0.4, 0.5) is 10.5 Å². The summed E-state index contributed by atoms with van der Waals surface area (Å²) in [5.74, 6) is -1.48. The molecule has 1 saturated heterocycles. The molecule has 9 amide bonds. The first kappa shape index (κ1) is 71.6. The van der Waals surface area contributed by atoms with Gasteiger partial charge in [-0.1, -0.05) is 124 Å². The molecule has 0 spiro atoms. The van der Waals surface area contributed by atoms with Crippen molar-refractivity contribution in [3.8, 4) is 0 Å². The van der Waals surface area contributed by atoms with E-state index in [9.17, 15) is 38.4 Å². The zero-order valence-corrected chi connectivity index (χ0v) is 51.5. The number of benzene rings is 2. The smallest absolute Gasteiger partial charge is 0.321 e. The van der Waals surface area contributed by atoms with Crippen molar-refractivity contribution >= 4 is 53.1 Å². The summed E-state index contributed by atoms with van der Waals surface area (Å²) in [6.45, 7) is 22.2. The van der Waals surface area contributed by atoms with Crippen molar-refractivity contribution in [2.45, 2.75) is 151 Å². The number of rotatable bonds is 31. The lowest BCUT2D eigenvalue weighted by Gasteiger charge is -2.39. The summed E-state index contributed by atoms with van der Waals surface area (Å²) in [5.41, 5.74) is 2.11. The highest BCUT2D eigenvalue weighted by Crippen LogP contribution is 2.29. The first-order valence-electron chi connectivity index (χ1n) is 29.0. The molecule has 0 bridgehead atoms. The first-order valence-corrected chi connectivity index (χ1v) is 29.0. The third kappa shape index (κ3) is 24.9. The highest BCUT2D eigenvalue weighted by Gasteiger charge is 2.42. The van der Waals surface area contributed by atoms with Gasteiger partial charge in [0, 0.05) is 78.3 Å². The molecule has 0 aromatic heterocycles. The van der Waals surface area contributed by atoms with Crippen molar-refractivity contribution in [3.05, 3.63) is 90.2 Å². The SMILES string of the molecule is CC(C)C(C)C.CC=CN(C)C(=O)NCC(=O)N(C)C(C(C)CC)C(CC(=O)N1CCCC1C(OC)C(C)C(=O)N[C@@H](Cc1ccccc1)C(=O)Nc1ccc(CNC(=O)CCOCCOCCN2C(=O)C=CC2=O)cc1)OC.CCC. The van der Waals surface area contributed by atoms with Crippen LogP contribution < -0.4 is 21.3 Å². The third-order valence-corrected chi connectivity index (χ3v) is 14.6. The van der Waals surface area contributed by atoms with Crippen molar-refractivity contribution in [2.24, 2.45) is 23.7 Å². The number of nitrogens with zero attached hydrogens (tertiary/aromatic N) is 4. The lowest BCUT2D eigenvalue weighted by Crippen LogP contribution is -2.55. The molecule has 0 saturated carbocycles. The van der Waals surface area contributed by atoms with Gasteiger partial charge in [-0.05, 0) is 60.8 Å². The highest BCUT2D eigenvalue weighted by molar-refractivity contribution is 6.12. The van der Waals surface area contributed by atoms with Gasteiger partial charge in [-0.15, -0.1) is 0 Å². The molecule has 0 aliphatic carbocycles. The molecule has 82 heavy (non-hydrogen) atoms. The molecule has 20 heteroatoms. The van der Waals surface area contributed by atoms with E-state index in [1.807, 2.05) is 44.2 Å². The summed E-state index contributed by atoms with van der Waals surface area (Å²) in [4.78, 5) is 110. The van der Waals surface area contributed by atoms with Gasteiger partial charge in [0.05, 0.1) is 76.1 Å². The minimum absolute atomic E-state index is 0.0353. The normalized spacial score (nSPS) is 16.1. The van der Waals surface area contributed by atoms with Crippen LogP contribution in [0.3, 0.4) is 0 Å². The van der Waals surface area contributed by atoms with Gasteiger partial charge in [-0.25, -0.2) is 4.79 Å². The van der Waals surface area contributed by atoms with Crippen LogP contribution in [0.1, 0.15) is 119 Å². The second-order valence-corrected chi connectivity index (χ2v) is 21.4. The summed E-state index contributed by atoms with van der Waals surface area (Å²) >= 11 is 0. The monoisotopic (exact) mass is 1150 g/mol. The number of ether oxygens (including phenoxy) is 4. The van der Waals surface area contributed by atoms with Gasteiger partial charge >= 0.3 is 6.03 Å². The number of amides is 9. The van der Waals surface area contributed by atoms with Gasteiger partial charge in [0.15, 0.2) is 0 Å². The zero-order chi connectivity index (χ0) is 61.3. The molecule has 7 atom stereocenters. The van der Waals surface area contributed by atoms with Crippen LogP contribution in [-0.4, -0.2) is 172 Å². The van der Waals surface area contributed by atoms with Gasteiger partial charge in [0.2, 0.25) is 29.5 Å². The summed E-state index contributed by atoms with van der Waals surface area (Å²) in [7, 11) is 6.26. The maximum atomic E-state index is 14.3. The molecule has 0 radical (unpaired) electrons. The topological polar surface area (TPSA) is 235 Å². The molecule has 4 N–H and O–H groups in total. The summed E-state index contributed by atoms with van der Waals surface area (Å²) < 4.78 is 22.8. The van der Waals surface area contributed by atoms with Crippen LogP contribution in [0.2, 0.25) is 0 Å². The number of carbonyl (C=O) groups is 8. The molecule has 4 rings (SSSR count). The van der Waals surface area contributed by atoms with E-state index in [1.54, 1.807) is 74.3 Å². The van der Waals surface area contributed by atoms with Gasteiger partial charge in [0.25, 0.3) is 11.8 Å². The molecule has 20 nitrogen and oxygen atoms in total. The van der Waals surface area contributed by atoms with Crippen LogP contribution in [-0.2, 0) is 65.5 Å². The minimum atomic E-state index is -0.977. The van der Waals surface area contributed by atoms with Crippen LogP contribution in [0.5, 0.6) is 0 Å². The van der Waals surface area contributed by atoms with Crippen molar-refractivity contribution in [3.63, 3.8) is 0 Å². The van der Waals surface area contributed by atoms with Gasteiger partial charge in [0.1, 0.15) is 6.04 Å². The molecule has 2 heterocycles. The number of methoxy groups -OCH3 is 2. The fourth-order valence-corrected chi connectivity index (χ4v) is 8.90. The Labute approximate surface area is 488 Å². The number of likely N-dealkylation sites (N-methyl/N-ethyl adjacent to an activating group) is 1. The molecule has 2 aromatic rings. The Hall–Kier alpha value is -6.48. The van der Waals surface area contributed by atoms with E-state index in [1.165, 1.54) is 37.7 Å². The van der Waals surface area contributed by atoms with E-state index in [0.717, 1.165) is 27.9 Å². The molecular weight excluding hydrogens is 1050 g/mol. The van der Waals surface area contributed by atoms with Crippen molar-refractivity contribution in [1.29, 1.82) is 0 Å². The molecule has 2 aromatic carbocycles. The van der Waals surface area contributed by atoms with E-state index in [0.29, 0.717) is 31.5 Å². The van der Waals surface area contributed by atoms with E-state index >= 15 is 0 Å². The van der Waals surface area contributed by atoms with Crippen LogP contribution >= 0.6 is 0 Å². The van der Waals surface area contributed by atoms with Crippen molar-refractivity contribution in [2.75, 3.05) is 79.7 Å². The summed E-state index contributed by atoms with van der Waals surface area (Å²) in [5, 5.41) is 11.4. The van der Waals surface area contributed by atoms with Gasteiger partial charge in [-0.3, -0.25) is 38.5 Å². The fraction of sp³-hybridized carbons (Fsp3) is 0.613. The Balaban J connectivity index is 0.00000236. The molecule has 2 aliphatic rings. The number of imide groups is 1. The fourth-order valence-electron chi connectivity index (χ4n) is 8.90. The molecule has 458 valence electrons. The Morgan fingerprint density at radius 3 is 1.94 bits per heavy atom. The highest BCUT2D eigenvalue weighted by atomic mass is 16.5. The maximum Gasteiger partial charge on any atom is 0.321 e. The molecule has 2 aliphatic heterocycles. The zero-order valence-electron chi connectivity index (χ0n) is 51.5. The Morgan fingerprint density at radius 1 is 0.768 bits per heavy atom. The van der Waals surface area contributed by atoms with E-state index in [-0.39, 0.29) is 101 Å². The Morgan fingerprint density at radius 2 is 1.38 bits per heavy atom. The number of urea groups is 1. The molecule has 1 fully saturated rings. The summed E-state index contributed by atoms with van der Waals surface area (Å²) in [6.07, 6.45) is 7.85. The predicted molar refractivity (Wildman–Crippen MR) is 319 cm³/mol. The second kappa shape index (κ2) is 39.1. The van der Waals surface area contributed by atoms with Crippen LogP contribution in [0.25, 0.3) is 0 Å². The van der Waals surface area contributed by atoms with Gasteiger partial charge in [-0.2, -0.15) is 0 Å². The number of hydrogen-bond acceptors (Lipinski definition) is 12. The number of anilines is 1. The maximum absolute atomic E-state index is 14.3. The van der Waals surface area contributed by atoms with Gasteiger partial charge < -0.3 is 54.9 Å². The number of carbonyl (C=O) groups excluding carboxylic acids is 8. The Bertz CT molecular complexity index is 2310. The largest absolute Gasteiger partial charge is 0.379 e. The standard InChI is InChI=1S/C53H76N8O12.C6H14.C3H8/c1-9-25-58(5)53(69)55-35-48(66)59(6)49(36(3)10-2)43(70-7)33-47(65)60-26-14-17-42(60)50(71-8)37(4)51(67)57-41(32-38-15-12-11-13-16-38)52(68)56-40-20-18-39(19-21-40)34-54-44(62)24-28-72-30-31-73-29-27-61-45(63)22-23-46(61)64;1-5(2)6(3)4;1-3-2/h9,11-13,15-16,18-23,25,36-37,41-43,49-50H,10,14,17,24,26-35H2,1-8H3,(H,54,62)(H,55,69)(H,56,68)(H,57,67);5-6H,1-4H3;3H2,1-2H3/t36?,37?,41-,42?,43?,49?,50?;;/m0../s1. The second-order valence-electron chi connectivity index (χ2n) is 21.4. The van der Waals surface area contributed by atoms with E-state index < -0.39 is 54.1 Å². The predicted octanol–water partition coefficient (Wildman–Crippen LogP) is 7.13. The lowest BCUT2D eigenvalue weighted by atomic mass is 9.90. The lowest BCUT2D eigenvalue weighted by molar-refractivity contribution is -0.145. The van der Waals surface area contributed by atoms with Crippen molar-refractivity contribution in [1.82, 2.24) is 35.6 Å². The Kier molecular flexibility index (Phi) is 34.1. The molecular formula is C62H98N8O12. The first-order chi connectivity index (χ1) is 39.1. The third-order valence-electron chi connectivity index (χ3n) is 14.6. The van der Waals surface area contributed by atoms with Crippen molar-refractivity contribution < 1.29 is 57.3 Å². The van der Waals surface area contributed by atoms with Crippen LogP contribution in [0.15, 0.2) is 79.0 Å². The molecule has 6 unspecified atom stereocenters. The quantitative estimate of drug-likeness (QED) is 0.0436. The average Bonchev–Trinajstić information content (AvgIpc) is 4.18. The number of likely N-dealkylation sites (tertiary alicyclic amines) is 1. The van der Waals surface area contributed by atoms with E-state index in [2.05, 4.69) is 62.8 Å². The minimum Gasteiger partial charge on any atom is -0.379 e. The van der Waals surface area contributed by atoms with Crippen LogP contribution in [0, 0.1) is 23.7 Å². The number of nitrogens with one attached hydrogen (secondary N) is 4.